The fourth-order valence-electron chi connectivity index (χ4n) is 3.34. The molecule has 0 aliphatic rings. The Balaban J connectivity index is 1.51. The summed E-state index contributed by atoms with van der Waals surface area (Å²) in [6.07, 6.45) is 2.05. The summed E-state index contributed by atoms with van der Waals surface area (Å²) in [4.78, 5) is 4.83. The summed E-state index contributed by atoms with van der Waals surface area (Å²) < 4.78 is 7.14. The van der Waals surface area contributed by atoms with E-state index >= 15 is 0 Å². The highest BCUT2D eigenvalue weighted by Crippen LogP contribution is 2.34. The maximum absolute atomic E-state index is 5.23. The van der Waals surface area contributed by atoms with Gasteiger partial charge < -0.3 is 10.1 Å². The Morgan fingerprint density at radius 3 is 2.29 bits per heavy atom. The van der Waals surface area contributed by atoms with E-state index in [9.17, 15) is 0 Å². The zero-order valence-corrected chi connectivity index (χ0v) is 17.7. The molecule has 6 heteroatoms. The second-order valence-electron chi connectivity index (χ2n) is 6.93. The maximum atomic E-state index is 5.23. The van der Waals surface area contributed by atoms with E-state index in [1.54, 1.807) is 18.4 Å². The first kappa shape index (κ1) is 19.1. The Kier molecular flexibility index (Phi) is 5.21. The van der Waals surface area contributed by atoms with Crippen molar-refractivity contribution in [3.63, 3.8) is 0 Å². The van der Waals surface area contributed by atoms with Gasteiger partial charge in [-0.15, -0.1) is 11.3 Å². The Hall–Kier alpha value is -3.90. The van der Waals surface area contributed by atoms with Gasteiger partial charge >= 0.3 is 0 Å². The lowest BCUT2D eigenvalue weighted by atomic mass is 10.1. The Bertz CT molecular complexity index is 1280. The molecule has 0 aliphatic carbocycles. The number of nitrogens with zero attached hydrogens (tertiary/aromatic N) is 3. The minimum Gasteiger partial charge on any atom is -0.497 e. The number of thiazole rings is 1. The van der Waals surface area contributed by atoms with Gasteiger partial charge in [-0.2, -0.15) is 5.10 Å². The molecule has 3 aromatic carbocycles. The van der Waals surface area contributed by atoms with Crippen LogP contribution in [0.25, 0.3) is 28.2 Å². The van der Waals surface area contributed by atoms with Crippen LogP contribution in [-0.2, 0) is 0 Å². The molecule has 0 atom stereocenters. The van der Waals surface area contributed by atoms with Gasteiger partial charge in [0.15, 0.2) is 5.13 Å². The van der Waals surface area contributed by atoms with Crippen LogP contribution in [0.2, 0.25) is 0 Å². The Morgan fingerprint density at radius 2 is 1.58 bits per heavy atom. The highest BCUT2D eigenvalue weighted by molar-refractivity contribution is 7.14. The van der Waals surface area contributed by atoms with Crippen molar-refractivity contribution in [1.29, 1.82) is 0 Å². The van der Waals surface area contributed by atoms with Crippen molar-refractivity contribution in [3.05, 3.63) is 96.5 Å². The zero-order chi connectivity index (χ0) is 21.0. The Morgan fingerprint density at radius 1 is 0.871 bits per heavy atom. The van der Waals surface area contributed by atoms with E-state index in [1.165, 1.54) is 0 Å². The fourth-order valence-corrected chi connectivity index (χ4v) is 4.07. The quantitative estimate of drug-likeness (QED) is 0.342. The molecule has 0 bridgehead atoms. The number of hydrogen-bond acceptors (Lipinski definition) is 5. The van der Waals surface area contributed by atoms with Gasteiger partial charge in [-0.25, -0.2) is 9.67 Å². The summed E-state index contributed by atoms with van der Waals surface area (Å²) in [5.74, 6) is 0.825. The summed E-state index contributed by atoms with van der Waals surface area (Å²) in [6, 6.07) is 28.1. The number of nitrogens with one attached hydrogen (secondary N) is 1. The largest absolute Gasteiger partial charge is 0.497 e. The van der Waals surface area contributed by atoms with Crippen LogP contribution in [0, 0.1) is 0 Å². The summed E-state index contributed by atoms with van der Waals surface area (Å²) in [7, 11) is 1.66. The zero-order valence-electron chi connectivity index (χ0n) is 16.9. The summed E-state index contributed by atoms with van der Waals surface area (Å²) in [5.41, 5.74) is 5.83. The highest BCUT2D eigenvalue weighted by atomic mass is 32.1. The number of anilines is 2. The van der Waals surface area contributed by atoms with Gasteiger partial charge in [-0.3, -0.25) is 0 Å². The predicted octanol–water partition coefficient (Wildman–Crippen LogP) is 6.42. The molecule has 152 valence electrons. The molecule has 0 amide bonds. The van der Waals surface area contributed by atoms with Crippen molar-refractivity contribution in [1.82, 2.24) is 14.8 Å². The number of para-hydroxylation sites is 1. The first-order valence-corrected chi connectivity index (χ1v) is 10.8. The summed E-state index contributed by atoms with van der Waals surface area (Å²) >= 11 is 1.57. The number of benzene rings is 3. The number of aromatic nitrogens is 3. The first-order valence-electron chi connectivity index (χ1n) is 9.87. The van der Waals surface area contributed by atoms with E-state index in [-0.39, 0.29) is 0 Å². The lowest BCUT2D eigenvalue weighted by molar-refractivity contribution is 0.415. The van der Waals surface area contributed by atoms with Crippen molar-refractivity contribution in [2.45, 2.75) is 0 Å². The van der Waals surface area contributed by atoms with E-state index in [1.807, 2.05) is 83.7 Å². The molecule has 0 unspecified atom stereocenters. The third-order valence-electron chi connectivity index (χ3n) is 4.90. The number of ether oxygens (including phenoxy) is 1. The van der Waals surface area contributed by atoms with E-state index in [0.717, 1.165) is 44.8 Å². The van der Waals surface area contributed by atoms with Crippen LogP contribution in [-0.4, -0.2) is 21.9 Å². The minimum atomic E-state index is 0.825. The predicted molar refractivity (Wildman–Crippen MR) is 126 cm³/mol. The van der Waals surface area contributed by atoms with Gasteiger partial charge in [0.2, 0.25) is 0 Å². The van der Waals surface area contributed by atoms with E-state index in [0.29, 0.717) is 0 Å². The van der Waals surface area contributed by atoms with Crippen molar-refractivity contribution in [2.24, 2.45) is 0 Å². The molecule has 31 heavy (non-hydrogen) atoms. The van der Waals surface area contributed by atoms with E-state index in [2.05, 4.69) is 22.8 Å². The average molecular weight is 425 g/mol. The Labute approximate surface area is 184 Å². The second-order valence-corrected chi connectivity index (χ2v) is 7.79. The molecule has 5 nitrogen and oxygen atoms in total. The van der Waals surface area contributed by atoms with E-state index in [4.69, 9.17) is 14.8 Å². The van der Waals surface area contributed by atoms with Gasteiger partial charge in [-0.05, 0) is 36.4 Å². The van der Waals surface area contributed by atoms with Crippen LogP contribution < -0.4 is 10.1 Å². The van der Waals surface area contributed by atoms with Crippen molar-refractivity contribution >= 4 is 22.2 Å². The summed E-state index contributed by atoms with van der Waals surface area (Å²) in [6.45, 7) is 0. The highest BCUT2D eigenvalue weighted by Gasteiger charge is 2.16. The minimum absolute atomic E-state index is 0.825. The molecule has 2 aromatic heterocycles. The monoisotopic (exact) mass is 424 g/mol. The SMILES string of the molecule is COc1ccc(Nc2nc(-c3cn(-c4ccccc4)nc3-c3ccccc3)cs2)cc1. The molecule has 5 aromatic rings. The van der Waals surface area contributed by atoms with Crippen LogP contribution in [0.5, 0.6) is 5.75 Å². The molecule has 0 spiro atoms. The molecule has 0 saturated carbocycles. The van der Waals surface area contributed by atoms with Gasteiger partial charge in [0, 0.05) is 28.4 Å². The molecule has 2 heterocycles. The average Bonchev–Trinajstić information content (AvgIpc) is 3.48. The van der Waals surface area contributed by atoms with Gasteiger partial charge in [0.1, 0.15) is 11.4 Å². The topological polar surface area (TPSA) is 52.0 Å². The third kappa shape index (κ3) is 4.06. The summed E-state index contributed by atoms with van der Waals surface area (Å²) in [5, 5.41) is 11.1. The molecule has 1 N–H and O–H groups in total. The smallest absolute Gasteiger partial charge is 0.187 e. The van der Waals surface area contributed by atoms with Crippen molar-refractivity contribution < 1.29 is 4.74 Å². The van der Waals surface area contributed by atoms with Gasteiger partial charge in [-0.1, -0.05) is 48.5 Å². The third-order valence-corrected chi connectivity index (χ3v) is 5.66. The van der Waals surface area contributed by atoms with Crippen LogP contribution >= 0.6 is 11.3 Å². The van der Waals surface area contributed by atoms with Gasteiger partial charge in [0.05, 0.1) is 18.5 Å². The maximum Gasteiger partial charge on any atom is 0.187 e. The van der Waals surface area contributed by atoms with E-state index < -0.39 is 0 Å². The number of methoxy groups -OCH3 is 1. The molecule has 5 rings (SSSR count). The molecule has 0 radical (unpaired) electrons. The molecular formula is C25H20N4OS. The molecule has 0 fully saturated rings. The van der Waals surface area contributed by atoms with Crippen molar-refractivity contribution in [3.8, 4) is 34.0 Å². The van der Waals surface area contributed by atoms with Crippen LogP contribution in [0.15, 0.2) is 96.5 Å². The molecule has 0 aliphatic heterocycles. The lowest BCUT2D eigenvalue weighted by Crippen LogP contribution is -1.93. The second kappa shape index (κ2) is 8.45. The normalized spacial score (nSPS) is 10.7. The first-order chi connectivity index (χ1) is 15.3. The number of rotatable bonds is 6. The molecular weight excluding hydrogens is 404 g/mol. The van der Waals surface area contributed by atoms with Crippen LogP contribution in [0.3, 0.4) is 0 Å². The van der Waals surface area contributed by atoms with Gasteiger partial charge in [0.25, 0.3) is 0 Å². The van der Waals surface area contributed by atoms with Crippen molar-refractivity contribution in [2.75, 3.05) is 12.4 Å². The standard InChI is InChI=1S/C25H20N4OS/c1-30-21-14-12-19(13-15-21)26-25-27-23(17-31-25)22-16-29(20-10-6-3-7-11-20)28-24(22)18-8-4-2-5-9-18/h2-17H,1H3,(H,26,27). The number of hydrogen-bond donors (Lipinski definition) is 1. The molecule has 0 saturated heterocycles. The van der Waals surface area contributed by atoms with Crippen LogP contribution in [0.1, 0.15) is 0 Å². The lowest BCUT2D eigenvalue weighted by Gasteiger charge is -2.04. The fraction of sp³-hybridized carbons (Fsp3) is 0.0400. The van der Waals surface area contributed by atoms with Crippen LogP contribution in [0.4, 0.5) is 10.8 Å².